The number of carbonyl (C=O) groups is 1. The molecule has 260 valence electrons. The second-order valence-corrected chi connectivity index (χ2v) is 12.7. The molecule has 4 atom stereocenters. The van der Waals surface area contributed by atoms with Crippen molar-refractivity contribution in [1.82, 2.24) is 25.5 Å². The van der Waals surface area contributed by atoms with E-state index < -0.39 is 46.8 Å². The second-order valence-electron chi connectivity index (χ2n) is 11.7. The van der Waals surface area contributed by atoms with Crippen molar-refractivity contribution in [2.75, 3.05) is 5.75 Å². The van der Waals surface area contributed by atoms with Gasteiger partial charge in [0.05, 0.1) is 18.8 Å². The number of tetrazole rings is 1. The van der Waals surface area contributed by atoms with Gasteiger partial charge in [-0.05, 0) is 50.4 Å². The van der Waals surface area contributed by atoms with Crippen LogP contribution in [-0.4, -0.2) is 43.1 Å². The van der Waals surface area contributed by atoms with E-state index in [0.29, 0.717) is 16.5 Å². The van der Waals surface area contributed by atoms with Crippen LogP contribution in [-0.2, 0) is 29.7 Å². The average Bonchev–Trinajstić information content (AvgIpc) is 3.56. The van der Waals surface area contributed by atoms with Gasteiger partial charge in [0.15, 0.2) is 29.6 Å². The van der Waals surface area contributed by atoms with Crippen LogP contribution < -0.4 is 5.32 Å². The van der Waals surface area contributed by atoms with Crippen LogP contribution in [0.3, 0.4) is 0 Å². The topological polar surface area (TPSA) is 111 Å². The quantitative estimate of drug-likeness (QED) is 0.0724. The minimum absolute atomic E-state index is 0.0696. The number of ether oxygens (including phenoxy) is 2. The first-order valence-electron chi connectivity index (χ1n) is 15.4. The van der Waals surface area contributed by atoms with E-state index in [0.717, 1.165) is 27.8 Å². The Morgan fingerprint density at radius 2 is 1.52 bits per heavy atom. The fraction of sp³-hybridized carbons (Fsp3) is 0.257. The lowest BCUT2D eigenvalue weighted by molar-refractivity contribution is -0.268. The number of aliphatic hydroxyl groups is 1. The van der Waals surface area contributed by atoms with E-state index in [9.17, 15) is 31.9 Å². The Labute approximate surface area is 287 Å². The molecule has 0 saturated carbocycles. The van der Waals surface area contributed by atoms with E-state index in [1.807, 2.05) is 61.5 Å². The smallest absolute Gasteiger partial charge is 0.257 e. The highest BCUT2D eigenvalue weighted by atomic mass is 32.2. The van der Waals surface area contributed by atoms with Gasteiger partial charge in [0.2, 0.25) is 11.0 Å². The zero-order valence-electron chi connectivity index (χ0n) is 26.6. The molecule has 50 heavy (non-hydrogen) atoms. The summed E-state index contributed by atoms with van der Waals surface area (Å²) in [5.74, 6) is -12.1. The number of aryl methyl sites for hydroxylation is 1. The molecule has 9 nitrogen and oxygen atoms in total. The molecule has 0 aliphatic carbocycles. The molecule has 1 amide bonds. The molecule has 0 radical (unpaired) electrons. The number of aromatic nitrogens is 4. The van der Waals surface area contributed by atoms with Crippen LogP contribution >= 0.6 is 11.8 Å². The molecular weight excluding hydrogens is 681 g/mol. The molecule has 1 fully saturated rings. The number of nitrogens with zero attached hydrogens (tertiary/aromatic N) is 4. The lowest BCUT2D eigenvalue weighted by Gasteiger charge is -2.41. The number of aliphatic hydroxyl groups excluding tert-OH is 1. The Bertz CT molecular complexity index is 1990. The van der Waals surface area contributed by atoms with Gasteiger partial charge < -0.3 is 19.9 Å². The lowest BCUT2D eigenvalue weighted by Crippen LogP contribution is -2.38. The van der Waals surface area contributed by atoms with Crippen molar-refractivity contribution in [3.8, 4) is 11.1 Å². The largest absolute Gasteiger partial charge is 0.392 e. The number of rotatable bonds is 10. The van der Waals surface area contributed by atoms with Crippen molar-refractivity contribution in [2.45, 2.75) is 43.7 Å². The van der Waals surface area contributed by atoms with Crippen LogP contribution in [0.15, 0.2) is 78.0 Å². The maximum absolute atomic E-state index is 14.2. The number of nitrogens with one attached hydrogen (secondary N) is 1. The average molecular weight is 712 g/mol. The summed E-state index contributed by atoms with van der Waals surface area (Å²) in [6, 6.07) is 21.9. The van der Waals surface area contributed by atoms with Gasteiger partial charge in [0.1, 0.15) is 5.56 Å². The molecule has 1 saturated heterocycles. The van der Waals surface area contributed by atoms with Gasteiger partial charge in [-0.3, -0.25) is 4.79 Å². The second kappa shape index (κ2) is 15.0. The predicted molar refractivity (Wildman–Crippen MR) is 172 cm³/mol. The van der Waals surface area contributed by atoms with Crippen molar-refractivity contribution in [1.29, 1.82) is 0 Å². The van der Waals surface area contributed by atoms with Gasteiger partial charge in [-0.15, -0.1) is 5.10 Å². The first kappa shape index (κ1) is 35.1. The number of hydrogen-bond donors (Lipinski definition) is 2. The molecule has 1 aliphatic heterocycles. The number of benzene rings is 4. The third kappa shape index (κ3) is 7.26. The van der Waals surface area contributed by atoms with Crippen LogP contribution in [0.2, 0.25) is 0 Å². The Morgan fingerprint density at radius 3 is 2.18 bits per heavy atom. The Morgan fingerprint density at radius 1 is 0.860 bits per heavy atom. The third-order valence-electron chi connectivity index (χ3n) is 8.39. The normalized spacial score (nSPS) is 19.0. The third-order valence-corrected chi connectivity index (χ3v) is 9.49. The fourth-order valence-electron chi connectivity index (χ4n) is 5.61. The standard InChI is InChI=1S/C35H30F5N5O4S/c1-18-25(17-50-35-42-43-44-45(35)2)48-34(49-32(18)21-11-9-19(16-46)10-12-21)24-8-4-7-23(14-24)22-6-3-5-20(13-22)15-41-33(47)26-27(36)29(38)31(40)30(39)28(26)37/h3-14,18,25,32,34,46H,15-17H2,1-2H3,(H,41,47)/t18-,25+,32+,34+/m0/s1. The Kier molecular flexibility index (Phi) is 10.6. The molecule has 0 bridgehead atoms. The van der Waals surface area contributed by atoms with E-state index in [2.05, 4.69) is 20.8 Å². The minimum Gasteiger partial charge on any atom is -0.392 e. The first-order chi connectivity index (χ1) is 24.0. The molecule has 15 heteroatoms. The Balaban J connectivity index is 1.22. The zero-order chi connectivity index (χ0) is 35.5. The molecule has 6 rings (SSSR count). The highest BCUT2D eigenvalue weighted by Crippen LogP contribution is 2.43. The van der Waals surface area contributed by atoms with Gasteiger partial charge in [-0.25, -0.2) is 26.6 Å². The van der Waals surface area contributed by atoms with Crippen LogP contribution in [0.1, 0.15) is 51.9 Å². The summed E-state index contributed by atoms with van der Waals surface area (Å²) in [4.78, 5) is 12.5. The number of amides is 1. The molecule has 5 aromatic rings. The van der Waals surface area contributed by atoms with Crippen molar-refractivity contribution in [2.24, 2.45) is 13.0 Å². The molecule has 4 aromatic carbocycles. The summed E-state index contributed by atoms with van der Waals surface area (Å²) in [5, 5.41) is 24.1. The Hall–Kier alpha value is -4.70. The summed E-state index contributed by atoms with van der Waals surface area (Å²) in [6.45, 7) is 1.72. The van der Waals surface area contributed by atoms with Crippen LogP contribution in [0.25, 0.3) is 11.1 Å². The van der Waals surface area contributed by atoms with E-state index in [1.165, 1.54) is 11.8 Å². The maximum atomic E-state index is 14.2. The summed E-state index contributed by atoms with van der Waals surface area (Å²) in [6.07, 6.45) is -1.38. The van der Waals surface area contributed by atoms with Crippen molar-refractivity contribution in [3.63, 3.8) is 0 Å². The number of thioether (sulfide) groups is 1. The van der Waals surface area contributed by atoms with Crippen molar-refractivity contribution < 1.29 is 41.3 Å². The molecule has 0 unspecified atom stereocenters. The van der Waals surface area contributed by atoms with E-state index in [-0.39, 0.29) is 31.3 Å². The van der Waals surface area contributed by atoms with Crippen LogP contribution in [0.4, 0.5) is 22.0 Å². The summed E-state index contributed by atoms with van der Waals surface area (Å²) in [7, 11) is 1.76. The summed E-state index contributed by atoms with van der Waals surface area (Å²) >= 11 is 1.46. The van der Waals surface area contributed by atoms with Crippen molar-refractivity contribution >= 4 is 17.7 Å². The molecule has 2 heterocycles. The molecular formula is C35H30F5N5O4S. The fourth-order valence-corrected chi connectivity index (χ4v) is 6.62. The molecule has 2 N–H and O–H groups in total. The van der Waals surface area contributed by atoms with Gasteiger partial charge >= 0.3 is 0 Å². The van der Waals surface area contributed by atoms with Crippen molar-refractivity contribution in [3.05, 3.63) is 130 Å². The van der Waals surface area contributed by atoms with E-state index in [4.69, 9.17) is 9.47 Å². The number of carbonyl (C=O) groups excluding carboxylic acids is 1. The SMILES string of the molecule is C[C@H]1[C@@H](CSc2nnnn2C)O[C@@H](c2cccc(-c3cccc(CNC(=O)c4c(F)c(F)c(F)c(F)c4F)c3)c2)O[C@H]1c1ccc(CO)cc1. The highest BCUT2D eigenvalue weighted by Gasteiger charge is 2.39. The predicted octanol–water partition coefficient (Wildman–Crippen LogP) is 6.58. The van der Waals surface area contributed by atoms with Gasteiger partial charge in [0.25, 0.3) is 5.91 Å². The minimum atomic E-state index is -2.34. The highest BCUT2D eigenvalue weighted by molar-refractivity contribution is 7.99. The maximum Gasteiger partial charge on any atom is 0.257 e. The van der Waals surface area contributed by atoms with Gasteiger partial charge in [-0.1, -0.05) is 79.3 Å². The number of halogens is 5. The number of hydrogen-bond acceptors (Lipinski definition) is 8. The lowest BCUT2D eigenvalue weighted by atomic mass is 9.91. The monoisotopic (exact) mass is 711 g/mol. The first-order valence-corrected chi connectivity index (χ1v) is 16.4. The van der Waals surface area contributed by atoms with E-state index in [1.54, 1.807) is 29.9 Å². The molecule has 0 spiro atoms. The van der Waals surface area contributed by atoms with Gasteiger partial charge in [0, 0.05) is 30.8 Å². The summed E-state index contributed by atoms with van der Waals surface area (Å²) in [5.41, 5.74) is 2.87. The molecule has 1 aromatic heterocycles. The summed E-state index contributed by atoms with van der Waals surface area (Å²) < 4.78 is 83.7. The van der Waals surface area contributed by atoms with Crippen LogP contribution in [0.5, 0.6) is 0 Å². The zero-order valence-corrected chi connectivity index (χ0v) is 27.4. The van der Waals surface area contributed by atoms with E-state index >= 15 is 0 Å². The molecule has 1 aliphatic rings. The van der Waals surface area contributed by atoms with Gasteiger partial charge in [-0.2, -0.15) is 0 Å². The van der Waals surface area contributed by atoms with Crippen LogP contribution in [0, 0.1) is 35.0 Å².